The van der Waals surface area contributed by atoms with Gasteiger partial charge in [0.2, 0.25) is 0 Å². The van der Waals surface area contributed by atoms with Gasteiger partial charge in [0.25, 0.3) is 0 Å². The van der Waals surface area contributed by atoms with E-state index in [1.165, 1.54) is 12.1 Å². The Bertz CT molecular complexity index is 649. The molecule has 0 aromatic heterocycles. The third kappa shape index (κ3) is 5.47. The first-order valence-electron chi connectivity index (χ1n) is 7.52. The first kappa shape index (κ1) is 16.5. The van der Waals surface area contributed by atoms with Crippen molar-refractivity contribution in [1.82, 2.24) is 0 Å². The van der Waals surface area contributed by atoms with Gasteiger partial charge in [-0.05, 0) is 53.9 Å². The summed E-state index contributed by atoms with van der Waals surface area (Å²) in [6.07, 6.45) is 3.84. The summed E-state index contributed by atoms with van der Waals surface area (Å²) < 4.78 is 5.59. The summed E-state index contributed by atoms with van der Waals surface area (Å²) in [6.45, 7) is 2.86. The number of hydrogen-bond donors (Lipinski definition) is 1. The Labute approximate surface area is 135 Å². The van der Waals surface area contributed by atoms with Crippen molar-refractivity contribution < 1.29 is 14.6 Å². The molecule has 0 spiro atoms. The number of aromatic carboxylic acids is 1. The molecule has 0 bridgehead atoms. The van der Waals surface area contributed by atoms with Gasteiger partial charge in [-0.1, -0.05) is 25.5 Å². The number of hydrazone groups is 1. The number of benzene rings is 2. The van der Waals surface area contributed by atoms with Crippen molar-refractivity contribution in [1.29, 1.82) is 0 Å². The van der Waals surface area contributed by atoms with Crippen LogP contribution in [0.1, 0.15) is 35.7 Å². The number of ether oxygens (including phenoxy) is 1. The summed E-state index contributed by atoms with van der Waals surface area (Å²) in [5.74, 6) is -0.345. The molecule has 0 atom stereocenters. The van der Waals surface area contributed by atoms with Crippen LogP contribution in [0.4, 0.5) is 5.69 Å². The van der Waals surface area contributed by atoms with Crippen molar-refractivity contribution >= 4 is 17.9 Å². The Hall–Kier alpha value is -2.82. The van der Waals surface area contributed by atoms with Crippen molar-refractivity contribution in [3.63, 3.8) is 0 Å². The highest BCUT2D eigenvalue weighted by molar-refractivity contribution is 5.86. The van der Waals surface area contributed by atoms with Gasteiger partial charge >= 0.3 is 0 Å². The van der Waals surface area contributed by atoms with Crippen LogP contribution in [0.3, 0.4) is 0 Å². The van der Waals surface area contributed by atoms with E-state index in [9.17, 15) is 9.90 Å². The molecule has 0 heterocycles. The third-order valence-corrected chi connectivity index (χ3v) is 3.17. The molecule has 0 unspecified atom stereocenters. The molecular weight excluding hydrogens is 292 g/mol. The van der Waals surface area contributed by atoms with Gasteiger partial charge in [0.05, 0.1) is 24.5 Å². The Morgan fingerprint density at radius 2 is 1.87 bits per heavy atom. The molecular formula is C18H19N2O3-. The Balaban J connectivity index is 1.86. The quantitative estimate of drug-likeness (QED) is 0.462. The van der Waals surface area contributed by atoms with Crippen molar-refractivity contribution in [2.75, 3.05) is 12.0 Å². The molecule has 0 fully saturated rings. The first-order valence-corrected chi connectivity index (χ1v) is 7.52. The SMILES string of the molecule is CCCCOc1ccc(/C=N\Nc2ccc(C(=O)[O-])cc2)cc1. The number of unbranched alkanes of at least 4 members (excludes halogenated alkanes) is 1. The van der Waals surface area contributed by atoms with Gasteiger partial charge in [0, 0.05) is 0 Å². The Morgan fingerprint density at radius 1 is 1.17 bits per heavy atom. The number of carboxylic acids is 1. The number of nitrogens with one attached hydrogen (secondary N) is 1. The largest absolute Gasteiger partial charge is 0.545 e. The van der Waals surface area contributed by atoms with Crippen LogP contribution in [0.5, 0.6) is 5.75 Å². The predicted molar refractivity (Wildman–Crippen MR) is 88.8 cm³/mol. The maximum atomic E-state index is 10.7. The number of carbonyl (C=O) groups excluding carboxylic acids is 1. The van der Waals surface area contributed by atoms with Crippen molar-refractivity contribution in [3.05, 3.63) is 59.7 Å². The van der Waals surface area contributed by atoms with Crippen LogP contribution < -0.4 is 15.3 Å². The van der Waals surface area contributed by atoms with Gasteiger partial charge < -0.3 is 14.6 Å². The molecule has 0 aliphatic carbocycles. The molecule has 0 saturated heterocycles. The topological polar surface area (TPSA) is 73.8 Å². The summed E-state index contributed by atoms with van der Waals surface area (Å²) in [6, 6.07) is 13.9. The van der Waals surface area contributed by atoms with Crippen LogP contribution in [0.25, 0.3) is 0 Å². The van der Waals surface area contributed by atoms with E-state index < -0.39 is 5.97 Å². The molecule has 0 radical (unpaired) electrons. The molecule has 2 aromatic carbocycles. The monoisotopic (exact) mass is 311 g/mol. The van der Waals surface area contributed by atoms with E-state index in [1.807, 2.05) is 24.3 Å². The van der Waals surface area contributed by atoms with E-state index in [2.05, 4.69) is 17.5 Å². The minimum Gasteiger partial charge on any atom is -0.545 e. The van der Waals surface area contributed by atoms with Gasteiger partial charge in [-0.15, -0.1) is 0 Å². The fraction of sp³-hybridized carbons (Fsp3) is 0.222. The van der Waals surface area contributed by atoms with Crippen LogP contribution in [0.15, 0.2) is 53.6 Å². The third-order valence-electron chi connectivity index (χ3n) is 3.17. The molecule has 0 aliphatic rings. The number of hydrogen-bond acceptors (Lipinski definition) is 5. The minimum atomic E-state index is -1.19. The minimum absolute atomic E-state index is 0.137. The summed E-state index contributed by atoms with van der Waals surface area (Å²) >= 11 is 0. The normalized spacial score (nSPS) is 10.7. The summed E-state index contributed by atoms with van der Waals surface area (Å²) in [4.78, 5) is 10.7. The van der Waals surface area contributed by atoms with E-state index in [-0.39, 0.29) is 5.56 Å². The first-order chi connectivity index (χ1) is 11.2. The van der Waals surface area contributed by atoms with E-state index in [0.29, 0.717) is 5.69 Å². The second-order valence-corrected chi connectivity index (χ2v) is 5.01. The summed E-state index contributed by atoms with van der Waals surface area (Å²) in [7, 11) is 0. The molecule has 0 aliphatic heterocycles. The fourth-order valence-electron chi connectivity index (χ4n) is 1.85. The second-order valence-electron chi connectivity index (χ2n) is 5.01. The van der Waals surface area contributed by atoms with Crippen molar-refractivity contribution in [3.8, 4) is 5.75 Å². The van der Waals surface area contributed by atoms with Gasteiger partial charge in [-0.2, -0.15) is 5.10 Å². The zero-order chi connectivity index (χ0) is 16.5. The maximum Gasteiger partial charge on any atom is 0.119 e. The van der Waals surface area contributed by atoms with E-state index in [4.69, 9.17) is 4.74 Å². The molecule has 0 saturated carbocycles. The van der Waals surface area contributed by atoms with Crippen LogP contribution in [-0.4, -0.2) is 18.8 Å². The lowest BCUT2D eigenvalue weighted by Crippen LogP contribution is -2.21. The average Bonchev–Trinajstić information content (AvgIpc) is 2.57. The van der Waals surface area contributed by atoms with Gasteiger partial charge in [0.15, 0.2) is 0 Å². The van der Waals surface area contributed by atoms with Crippen LogP contribution in [0.2, 0.25) is 0 Å². The fourth-order valence-corrected chi connectivity index (χ4v) is 1.85. The lowest BCUT2D eigenvalue weighted by molar-refractivity contribution is -0.255. The Morgan fingerprint density at radius 3 is 2.48 bits per heavy atom. The van der Waals surface area contributed by atoms with Crippen molar-refractivity contribution in [2.24, 2.45) is 5.10 Å². The smallest absolute Gasteiger partial charge is 0.119 e. The van der Waals surface area contributed by atoms with Crippen LogP contribution in [-0.2, 0) is 0 Å². The van der Waals surface area contributed by atoms with Crippen LogP contribution in [0, 0.1) is 0 Å². The highest BCUT2D eigenvalue weighted by Crippen LogP contribution is 2.12. The van der Waals surface area contributed by atoms with Gasteiger partial charge in [-0.25, -0.2) is 0 Å². The molecule has 0 amide bonds. The molecule has 5 heteroatoms. The zero-order valence-electron chi connectivity index (χ0n) is 13.0. The van der Waals surface area contributed by atoms with Crippen molar-refractivity contribution in [2.45, 2.75) is 19.8 Å². The molecule has 2 aromatic rings. The van der Waals surface area contributed by atoms with Gasteiger partial charge in [-0.3, -0.25) is 5.43 Å². The highest BCUT2D eigenvalue weighted by Gasteiger charge is 1.95. The predicted octanol–water partition coefficient (Wildman–Crippen LogP) is 2.68. The summed E-state index contributed by atoms with van der Waals surface area (Å²) in [5, 5.41) is 14.8. The second kappa shape index (κ2) is 8.58. The molecule has 2 rings (SSSR count). The molecule has 1 N–H and O–H groups in total. The highest BCUT2D eigenvalue weighted by atomic mass is 16.5. The molecule has 23 heavy (non-hydrogen) atoms. The number of nitrogens with zero attached hydrogens (tertiary/aromatic N) is 1. The zero-order valence-corrected chi connectivity index (χ0v) is 13.0. The lowest BCUT2D eigenvalue weighted by atomic mass is 10.2. The summed E-state index contributed by atoms with van der Waals surface area (Å²) in [5.41, 5.74) is 4.61. The molecule has 120 valence electrons. The van der Waals surface area contributed by atoms with E-state index in [1.54, 1.807) is 18.3 Å². The number of carboxylic acid groups (broad SMARTS) is 1. The molecule has 5 nitrogen and oxygen atoms in total. The average molecular weight is 311 g/mol. The van der Waals surface area contributed by atoms with Crippen LogP contribution >= 0.6 is 0 Å². The number of rotatable bonds is 8. The Kier molecular flexibility index (Phi) is 6.17. The standard InChI is InChI=1S/C18H20N2O3/c1-2-3-12-23-17-10-4-14(5-11-17)13-19-20-16-8-6-15(7-9-16)18(21)22/h4-11,13,20H,2-3,12H2,1H3,(H,21,22)/p-1/b19-13-. The lowest BCUT2D eigenvalue weighted by Gasteiger charge is -2.05. The number of carbonyl (C=O) groups is 1. The maximum absolute atomic E-state index is 10.7. The van der Waals surface area contributed by atoms with E-state index >= 15 is 0 Å². The number of anilines is 1. The van der Waals surface area contributed by atoms with Gasteiger partial charge in [0.1, 0.15) is 5.75 Å². The van der Waals surface area contributed by atoms with E-state index in [0.717, 1.165) is 30.8 Å².